The van der Waals surface area contributed by atoms with Gasteiger partial charge in [0.2, 0.25) is 10.0 Å². The Kier molecular flexibility index (Phi) is 4.97. The van der Waals surface area contributed by atoms with E-state index >= 15 is 0 Å². The van der Waals surface area contributed by atoms with E-state index in [1.54, 1.807) is 12.1 Å². The van der Waals surface area contributed by atoms with Gasteiger partial charge >= 0.3 is 0 Å². The van der Waals surface area contributed by atoms with Crippen molar-refractivity contribution in [2.24, 2.45) is 0 Å². The highest BCUT2D eigenvalue weighted by molar-refractivity contribution is 7.89. The molecule has 7 heteroatoms. The Balaban J connectivity index is 2.08. The zero-order valence-electron chi connectivity index (χ0n) is 12.2. The lowest BCUT2D eigenvalue weighted by molar-refractivity contribution is 0.0950. The van der Waals surface area contributed by atoms with Crippen LogP contribution in [0, 0.1) is 0 Å². The first-order chi connectivity index (χ1) is 9.92. The molecule has 1 amide bonds. The molecule has 1 aliphatic carbocycles. The Bertz CT molecular complexity index is 612. The normalized spacial score (nSPS) is 16.5. The van der Waals surface area contributed by atoms with Crippen LogP contribution < -0.4 is 15.4 Å². The van der Waals surface area contributed by atoms with Crippen LogP contribution in [0.2, 0.25) is 0 Å². The molecule has 6 nitrogen and oxygen atoms in total. The molecule has 0 saturated heterocycles. The molecular formula is C14H21N3O3S. The van der Waals surface area contributed by atoms with E-state index in [2.05, 4.69) is 15.4 Å². The monoisotopic (exact) mass is 311 g/mol. The van der Waals surface area contributed by atoms with Gasteiger partial charge in [-0.3, -0.25) is 4.79 Å². The molecule has 1 atom stereocenters. The van der Waals surface area contributed by atoms with Gasteiger partial charge in [-0.25, -0.2) is 13.1 Å². The second-order valence-corrected chi connectivity index (χ2v) is 7.04. The summed E-state index contributed by atoms with van der Waals surface area (Å²) in [6, 6.07) is 6.29. The number of carbonyl (C=O) groups is 1. The van der Waals surface area contributed by atoms with E-state index in [0.29, 0.717) is 12.1 Å². The summed E-state index contributed by atoms with van der Waals surface area (Å²) in [5.41, 5.74) is 0.344. The van der Waals surface area contributed by atoms with Crippen LogP contribution >= 0.6 is 0 Å². The van der Waals surface area contributed by atoms with Gasteiger partial charge < -0.3 is 10.6 Å². The molecule has 1 aromatic carbocycles. The average Bonchev–Trinajstić information content (AvgIpc) is 3.27. The summed E-state index contributed by atoms with van der Waals surface area (Å²) in [6.45, 7) is 2.42. The van der Waals surface area contributed by atoms with E-state index in [1.807, 2.05) is 14.0 Å². The van der Waals surface area contributed by atoms with Gasteiger partial charge in [-0.1, -0.05) is 6.07 Å². The lowest BCUT2D eigenvalue weighted by atomic mass is 10.2. The van der Waals surface area contributed by atoms with Crippen molar-refractivity contribution in [3.05, 3.63) is 29.8 Å². The van der Waals surface area contributed by atoms with Crippen molar-refractivity contribution in [3.63, 3.8) is 0 Å². The van der Waals surface area contributed by atoms with E-state index in [1.165, 1.54) is 12.1 Å². The molecular weight excluding hydrogens is 290 g/mol. The predicted molar refractivity (Wildman–Crippen MR) is 80.6 cm³/mol. The molecule has 0 radical (unpaired) electrons. The predicted octanol–water partition coefficient (Wildman–Crippen LogP) is 0.465. The summed E-state index contributed by atoms with van der Waals surface area (Å²) in [5.74, 6) is -0.277. The molecule has 1 saturated carbocycles. The van der Waals surface area contributed by atoms with Gasteiger partial charge in [0.05, 0.1) is 4.90 Å². The van der Waals surface area contributed by atoms with Crippen molar-refractivity contribution >= 4 is 15.9 Å². The molecule has 0 bridgehead atoms. The van der Waals surface area contributed by atoms with Crippen molar-refractivity contribution in [1.29, 1.82) is 0 Å². The molecule has 2 rings (SSSR count). The van der Waals surface area contributed by atoms with Crippen LogP contribution in [0.15, 0.2) is 29.2 Å². The van der Waals surface area contributed by atoms with Gasteiger partial charge in [-0.2, -0.15) is 0 Å². The van der Waals surface area contributed by atoms with E-state index in [9.17, 15) is 13.2 Å². The van der Waals surface area contributed by atoms with Gasteiger partial charge in [-0.05, 0) is 45.0 Å². The summed E-state index contributed by atoms with van der Waals surface area (Å²) < 4.78 is 26.8. The number of benzene rings is 1. The first kappa shape index (κ1) is 15.9. The van der Waals surface area contributed by atoms with Crippen LogP contribution in [0.5, 0.6) is 0 Å². The van der Waals surface area contributed by atoms with Crippen LogP contribution in [0.1, 0.15) is 30.1 Å². The fourth-order valence-corrected chi connectivity index (χ4v) is 3.09. The first-order valence-electron chi connectivity index (χ1n) is 7.00. The van der Waals surface area contributed by atoms with Crippen molar-refractivity contribution in [1.82, 2.24) is 15.4 Å². The number of likely N-dealkylation sites (N-methyl/N-ethyl adjacent to an activating group) is 1. The summed E-state index contributed by atoms with van der Waals surface area (Å²) in [5, 5.41) is 5.78. The number of rotatable bonds is 7. The number of sulfonamides is 1. The lowest BCUT2D eigenvalue weighted by Crippen LogP contribution is -2.37. The number of nitrogens with one attached hydrogen (secondary N) is 3. The quantitative estimate of drug-likeness (QED) is 0.683. The van der Waals surface area contributed by atoms with Crippen LogP contribution in [0.4, 0.5) is 0 Å². The van der Waals surface area contributed by atoms with E-state index in [0.717, 1.165) is 12.8 Å². The fourth-order valence-electron chi connectivity index (χ4n) is 1.74. The number of carbonyl (C=O) groups excluding carboxylic acids is 1. The minimum absolute atomic E-state index is 0.0453. The van der Waals surface area contributed by atoms with Crippen LogP contribution in [0.25, 0.3) is 0 Å². The Morgan fingerprint density at radius 1 is 1.38 bits per heavy atom. The average molecular weight is 311 g/mol. The van der Waals surface area contributed by atoms with E-state index in [4.69, 9.17) is 0 Å². The maximum Gasteiger partial charge on any atom is 0.251 e. The van der Waals surface area contributed by atoms with E-state index < -0.39 is 10.0 Å². The SMILES string of the molecule is CNC(C)CNC(=O)c1cccc(S(=O)(=O)NC2CC2)c1. The summed E-state index contributed by atoms with van der Waals surface area (Å²) in [7, 11) is -1.72. The minimum Gasteiger partial charge on any atom is -0.350 e. The molecule has 0 aliphatic heterocycles. The van der Waals surface area contributed by atoms with Gasteiger partial charge in [0.15, 0.2) is 0 Å². The van der Waals surface area contributed by atoms with Crippen LogP contribution in [-0.2, 0) is 10.0 Å². The summed E-state index contributed by atoms with van der Waals surface area (Å²) >= 11 is 0. The van der Waals surface area contributed by atoms with Crippen molar-refractivity contribution in [2.45, 2.75) is 36.7 Å². The molecule has 0 aromatic heterocycles. The molecule has 1 unspecified atom stereocenters. The van der Waals surface area contributed by atoms with Gasteiger partial charge in [0, 0.05) is 24.2 Å². The Labute approximate surface area is 125 Å². The Morgan fingerprint density at radius 2 is 2.10 bits per heavy atom. The minimum atomic E-state index is -3.53. The summed E-state index contributed by atoms with van der Waals surface area (Å²) in [4.78, 5) is 12.2. The highest BCUT2D eigenvalue weighted by Gasteiger charge is 2.28. The van der Waals surface area contributed by atoms with Gasteiger partial charge in [0.25, 0.3) is 5.91 Å². The molecule has 21 heavy (non-hydrogen) atoms. The maximum atomic E-state index is 12.1. The first-order valence-corrected chi connectivity index (χ1v) is 8.48. The molecule has 1 aromatic rings. The molecule has 3 N–H and O–H groups in total. The lowest BCUT2D eigenvalue weighted by Gasteiger charge is -2.12. The molecule has 0 spiro atoms. The van der Waals surface area contributed by atoms with Crippen molar-refractivity contribution < 1.29 is 13.2 Å². The number of hydrogen-bond donors (Lipinski definition) is 3. The third kappa shape index (κ3) is 4.52. The second kappa shape index (κ2) is 6.55. The Hall–Kier alpha value is -1.44. The van der Waals surface area contributed by atoms with Crippen molar-refractivity contribution in [3.8, 4) is 0 Å². The fraction of sp³-hybridized carbons (Fsp3) is 0.500. The van der Waals surface area contributed by atoms with Crippen LogP contribution in [0.3, 0.4) is 0 Å². The standard InChI is InChI=1S/C14H21N3O3S/c1-10(15-2)9-16-14(18)11-4-3-5-13(8-11)21(19,20)17-12-6-7-12/h3-5,8,10,12,15,17H,6-7,9H2,1-2H3,(H,16,18). The largest absolute Gasteiger partial charge is 0.350 e. The third-order valence-corrected chi connectivity index (χ3v) is 4.89. The van der Waals surface area contributed by atoms with Crippen molar-refractivity contribution in [2.75, 3.05) is 13.6 Å². The highest BCUT2D eigenvalue weighted by atomic mass is 32.2. The zero-order chi connectivity index (χ0) is 15.5. The van der Waals surface area contributed by atoms with Crippen LogP contribution in [-0.4, -0.2) is 40.0 Å². The maximum absolute atomic E-state index is 12.1. The van der Waals surface area contributed by atoms with Gasteiger partial charge in [0.1, 0.15) is 0 Å². The Morgan fingerprint density at radius 3 is 2.71 bits per heavy atom. The number of amides is 1. The zero-order valence-corrected chi connectivity index (χ0v) is 13.0. The van der Waals surface area contributed by atoms with Gasteiger partial charge in [-0.15, -0.1) is 0 Å². The molecule has 1 fully saturated rings. The summed E-state index contributed by atoms with van der Waals surface area (Å²) in [6.07, 6.45) is 1.75. The number of hydrogen-bond acceptors (Lipinski definition) is 4. The topological polar surface area (TPSA) is 87.3 Å². The smallest absolute Gasteiger partial charge is 0.251 e. The van der Waals surface area contributed by atoms with E-state index in [-0.39, 0.29) is 22.9 Å². The third-order valence-electron chi connectivity index (χ3n) is 3.37. The molecule has 116 valence electrons. The second-order valence-electron chi connectivity index (χ2n) is 5.32. The molecule has 0 heterocycles. The molecule has 1 aliphatic rings. The highest BCUT2D eigenvalue weighted by Crippen LogP contribution is 2.22.